The number of anilines is 2. The van der Waals surface area contributed by atoms with E-state index < -0.39 is 0 Å². The van der Waals surface area contributed by atoms with E-state index in [1.807, 2.05) is 49.4 Å². The Balaban J connectivity index is 2.13. The minimum atomic E-state index is -0.174. The van der Waals surface area contributed by atoms with Crippen LogP contribution in [0, 0.1) is 6.92 Å². The second kappa shape index (κ2) is 6.69. The van der Waals surface area contributed by atoms with E-state index in [9.17, 15) is 4.79 Å². The largest absolute Gasteiger partial charge is 0.318 e. The molecular formula is C18H17ClN2OS. The van der Waals surface area contributed by atoms with Gasteiger partial charge in [-0.15, -0.1) is 0 Å². The number of nitrogens with zero attached hydrogens (tertiary/aromatic N) is 2. The second-order valence-electron chi connectivity index (χ2n) is 5.43. The highest BCUT2D eigenvalue weighted by Gasteiger charge is 2.13. The van der Waals surface area contributed by atoms with Crippen molar-refractivity contribution in [2.75, 3.05) is 11.4 Å². The van der Waals surface area contributed by atoms with Crippen molar-refractivity contribution in [3.8, 4) is 0 Å². The number of fused-ring (bicyclic) bond motifs is 1. The van der Waals surface area contributed by atoms with Crippen molar-refractivity contribution in [1.29, 1.82) is 0 Å². The van der Waals surface area contributed by atoms with E-state index in [4.69, 9.17) is 11.6 Å². The molecule has 0 aliphatic carbocycles. The van der Waals surface area contributed by atoms with E-state index in [0.717, 1.165) is 34.0 Å². The first-order valence-electron chi connectivity index (χ1n) is 7.53. The third-order valence-corrected chi connectivity index (χ3v) is 4.90. The quantitative estimate of drug-likeness (QED) is 0.655. The third-order valence-electron chi connectivity index (χ3n) is 3.58. The molecule has 3 rings (SSSR count). The van der Waals surface area contributed by atoms with Gasteiger partial charge in [0.05, 0.1) is 5.39 Å². The lowest BCUT2D eigenvalue weighted by atomic mass is 10.2. The Hall–Kier alpha value is -1.91. The molecule has 0 fully saturated rings. The van der Waals surface area contributed by atoms with Crippen LogP contribution in [0.25, 0.3) is 10.1 Å². The molecule has 3 aromatic rings. The smallest absolute Gasteiger partial charge is 0.281 e. The van der Waals surface area contributed by atoms with E-state index in [2.05, 4.69) is 16.8 Å². The second-order valence-corrected chi connectivity index (χ2v) is 6.87. The zero-order chi connectivity index (χ0) is 16.4. The molecule has 0 radical (unpaired) electrons. The molecule has 3 nitrogen and oxygen atoms in total. The predicted octanol–water partition coefficient (Wildman–Crippen LogP) is 5.17. The van der Waals surface area contributed by atoms with Crippen LogP contribution in [-0.2, 0) is 0 Å². The molecule has 0 saturated heterocycles. The number of aryl methyl sites for hydroxylation is 1. The van der Waals surface area contributed by atoms with Crippen LogP contribution >= 0.6 is 22.9 Å². The third kappa shape index (κ3) is 3.38. The fraction of sp³-hybridized carbons (Fsp3) is 0.222. The minimum absolute atomic E-state index is 0.174. The molecule has 0 unspecified atom stereocenters. The standard InChI is InChI=1S/C18H17ClN2OS/c1-3-10-21(14-7-5-13(19)6-8-14)18-20-17(22)15-11-12(2)4-9-16(15)23-18/h4-9,11H,3,10H2,1-2H3. The van der Waals surface area contributed by atoms with Gasteiger partial charge in [0.15, 0.2) is 5.13 Å². The maximum absolute atomic E-state index is 12.4. The number of benzene rings is 2. The first kappa shape index (κ1) is 16.0. The van der Waals surface area contributed by atoms with Crippen LogP contribution in [0.5, 0.6) is 0 Å². The Bertz CT molecular complexity index is 890. The highest BCUT2D eigenvalue weighted by atomic mass is 35.5. The number of rotatable bonds is 4. The lowest BCUT2D eigenvalue weighted by Crippen LogP contribution is -2.21. The lowest BCUT2D eigenvalue weighted by Gasteiger charge is -2.22. The molecule has 0 aliphatic heterocycles. The Kier molecular flexibility index (Phi) is 4.64. The van der Waals surface area contributed by atoms with Gasteiger partial charge < -0.3 is 4.90 Å². The van der Waals surface area contributed by atoms with Crippen LogP contribution in [0.3, 0.4) is 0 Å². The number of hydrogen-bond donors (Lipinski definition) is 0. The van der Waals surface area contributed by atoms with Crippen LogP contribution < -0.4 is 10.5 Å². The summed E-state index contributed by atoms with van der Waals surface area (Å²) in [6.45, 7) is 4.88. The van der Waals surface area contributed by atoms with Gasteiger partial charge in [-0.05, 0) is 49.7 Å². The van der Waals surface area contributed by atoms with Crippen LogP contribution in [0.2, 0.25) is 5.02 Å². The summed E-state index contributed by atoms with van der Waals surface area (Å²) in [5.41, 5.74) is 1.89. The topological polar surface area (TPSA) is 33.2 Å². The van der Waals surface area contributed by atoms with Crippen molar-refractivity contribution >= 4 is 43.8 Å². The summed E-state index contributed by atoms with van der Waals surface area (Å²) in [6.07, 6.45) is 0.956. The summed E-state index contributed by atoms with van der Waals surface area (Å²) >= 11 is 7.51. The number of aromatic nitrogens is 1. The molecule has 1 aromatic heterocycles. The monoisotopic (exact) mass is 344 g/mol. The molecule has 5 heteroatoms. The van der Waals surface area contributed by atoms with Gasteiger partial charge in [0.1, 0.15) is 0 Å². The molecule has 0 N–H and O–H groups in total. The van der Waals surface area contributed by atoms with Crippen LogP contribution in [-0.4, -0.2) is 11.5 Å². The average molecular weight is 345 g/mol. The molecule has 1 heterocycles. The van der Waals surface area contributed by atoms with Crippen molar-refractivity contribution < 1.29 is 0 Å². The van der Waals surface area contributed by atoms with Crippen molar-refractivity contribution in [2.24, 2.45) is 0 Å². The molecule has 0 bridgehead atoms. The van der Waals surface area contributed by atoms with E-state index in [1.165, 1.54) is 11.3 Å². The lowest BCUT2D eigenvalue weighted by molar-refractivity contribution is 0.878. The molecule has 0 saturated carbocycles. The zero-order valence-corrected chi connectivity index (χ0v) is 14.6. The highest BCUT2D eigenvalue weighted by Crippen LogP contribution is 2.31. The van der Waals surface area contributed by atoms with Crippen molar-refractivity contribution in [3.05, 3.63) is 63.4 Å². The van der Waals surface area contributed by atoms with Gasteiger partial charge in [-0.1, -0.05) is 41.5 Å². The van der Waals surface area contributed by atoms with Gasteiger partial charge >= 0.3 is 0 Å². The van der Waals surface area contributed by atoms with Gasteiger partial charge in [-0.25, -0.2) is 0 Å². The van der Waals surface area contributed by atoms with Gasteiger partial charge in [0.2, 0.25) is 0 Å². The van der Waals surface area contributed by atoms with E-state index >= 15 is 0 Å². The summed E-state index contributed by atoms with van der Waals surface area (Å²) in [4.78, 5) is 18.8. The molecule has 0 atom stereocenters. The molecule has 0 amide bonds. The van der Waals surface area contributed by atoms with Crippen LogP contribution in [0.15, 0.2) is 47.3 Å². The van der Waals surface area contributed by atoms with Gasteiger partial charge in [-0.3, -0.25) is 4.79 Å². The van der Waals surface area contributed by atoms with Gasteiger partial charge in [0, 0.05) is 22.0 Å². The average Bonchev–Trinajstić information content (AvgIpc) is 2.54. The van der Waals surface area contributed by atoms with E-state index in [0.29, 0.717) is 10.4 Å². The first-order chi connectivity index (χ1) is 11.1. The summed E-state index contributed by atoms with van der Waals surface area (Å²) in [5, 5.41) is 2.10. The fourth-order valence-electron chi connectivity index (χ4n) is 2.46. The Labute approximate surface area is 144 Å². The van der Waals surface area contributed by atoms with Gasteiger partial charge in [0.25, 0.3) is 5.56 Å². The fourth-order valence-corrected chi connectivity index (χ4v) is 3.61. The number of halogens is 1. The first-order valence-corrected chi connectivity index (χ1v) is 8.72. The van der Waals surface area contributed by atoms with E-state index in [-0.39, 0.29) is 5.56 Å². The normalized spacial score (nSPS) is 10.9. The maximum Gasteiger partial charge on any atom is 0.281 e. The SMILES string of the molecule is CCCN(c1ccc(Cl)cc1)c1nc(=O)c2cc(C)ccc2s1. The zero-order valence-electron chi connectivity index (χ0n) is 13.0. The Morgan fingerprint density at radius 1 is 1.17 bits per heavy atom. The molecular weight excluding hydrogens is 328 g/mol. The predicted molar refractivity (Wildman–Crippen MR) is 99.4 cm³/mol. The number of hydrogen-bond acceptors (Lipinski definition) is 4. The van der Waals surface area contributed by atoms with E-state index in [1.54, 1.807) is 0 Å². The Morgan fingerprint density at radius 2 is 1.91 bits per heavy atom. The highest BCUT2D eigenvalue weighted by molar-refractivity contribution is 7.21. The van der Waals surface area contributed by atoms with Crippen LogP contribution in [0.1, 0.15) is 18.9 Å². The van der Waals surface area contributed by atoms with Gasteiger partial charge in [-0.2, -0.15) is 4.98 Å². The summed E-state index contributed by atoms with van der Waals surface area (Å²) in [5.74, 6) is 0. The van der Waals surface area contributed by atoms with Crippen molar-refractivity contribution in [3.63, 3.8) is 0 Å². The van der Waals surface area contributed by atoms with Crippen LogP contribution in [0.4, 0.5) is 10.8 Å². The van der Waals surface area contributed by atoms with Crippen molar-refractivity contribution in [1.82, 2.24) is 4.98 Å². The molecule has 0 spiro atoms. The summed E-state index contributed by atoms with van der Waals surface area (Å²) < 4.78 is 0.959. The minimum Gasteiger partial charge on any atom is -0.318 e. The Morgan fingerprint density at radius 3 is 2.61 bits per heavy atom. The summed E-state index contributed by atoms with van der Waals surface area (Å²) in [7, 11) is 0. The maximum atomic E-state index is 12.4. The van der Waals surface area contributed by atoms with Crippen molar-refractivity contribution in [2.45, 2.75) is 20.3 Å². The summed E-state index contributed by atoms with van der Waals surface area (Å²) in [6, 6.07) is 13.5. The molecule has 0 aliphatic rings. The molecule has 23 heavy (non-hydrogen) atoms. The molecule has 2 aromatic carbocycles. The molecule has 118 valence electrons.